The third-order valence-electron chi connectivity index (χ3n) is 3.03. The Balaban J connectivity index is 1.89. The Morgan fingerprint density at radius 1 is 1.47 bits per heavy atom. The van der Waals surface area contributed by atoms with Crippen molar-refractivity contribution < 1.29 is 4.79 Å². The van der Waals surface area contributed by atoms with Crippen LogP contribution in [0.25, 0.3) is 0 Å². The van der Waals surface area contributed by atoms with Gasteiger partial charge in [-0.1, -0.05) is 13.3 Å². The molecule has 15 heavy (non-hydrogen) atoms. The molecule has 0 spiro atoms. The van der Waals surface area contributed by atoms with Gasteiger partial charge in [0.05, 0.1) is 0 Å². The summed E-state index contributed by atoms with van der Waals surface area (Å²) in [7, 11) is 0. The minimum absolute atomic E-state index is 0.224. The SMILES string of the molecule is CCCCC(=O)NCCCC1CCNC1. The fourth-order valence-corrected chi connectivity index (χ4v) is 2.01. The van der Waals surface area contributed by atoms with Crippen molar-refractivity contribution in [1.29, 1.82) is 0 Å². The molecule has 0 bridgehead atoms. The summed E-state index contributed by atoms with van der Waals surface area (Å²) in [6.07, 6.45) is 6.50. The Bertz CT molecular complexity index is 176. The van der Waals surface area contributed by atoms with Crippen molar-refractivity contribution in [3.05, 3.63) is 0 Å². The van der Waals surface area contributed by atoms with Gasteiger partial charge < -0.3 is 10.6 Å². The molecule has 0 aromatic rings. The van der Waals surface area contributed by atoms with Gasteiger partial charge in [0.15, 0.2) is 0 Å². The largest absolute Gasteiger partial charge is 0.356 e. The van der Waals surface area contributed by atoms with Crippen LogP contribution < -0.4 is 10.6 Å². The number of hydrogen-bond acceptors (Lipinski definition) is 2. The Hall–Kier alpha value is -0.570. The highest BCUT2D eigenvalue weighted by Crippen LogP contribution is 2.13. The van der Waals surface area contributed by atoms with Crippen LogP contribution in [0, 0.1) is 5.92 Å². The van der Waals surface area contributed by atoms with Crippen molar-refractivity contribution in [3.8, 4) is 0 Å². The van der Waals surface area contributed by atoms with Crippen LogP contribution in [0.2, 0.25) is 0 Å². The highest BCUT2D eigenvalue weighted by molar-refractivity contribution is 5.75. The van der Waals surface area contributed by atoms with E-state index in [0.29, 0.717) is 6.42 Å². The average molecular weight is 212 g/mol. The number of unbranched alkanes of at least 4 members (excludes halogenated alkanes) is 1. The second kappa shape index (κ2) is 7.69. The van der Waals surface area contributed by atoms with Gasteiger partial charge in [-0.25, -0.2) is 0 Å². The van der Waals surface area contributed by atoms with Crippen LogP contribution in [-0.2, 0) is 4.79 Å². The van der Waals surface area contributed by atoms with E-state index in [1.807, 2.05) is 0 Å². The lowest BCUT2D eigenvalue weighted by molar-refractivity contribution is -0.121. The number of hydrogen-bond donors (Lipinski definition) is 2. The first-order valence-electron chi connectivity index (χ1n) is 6.30. The maximum absolute atomic E-state index is 11.3. The molecule has 1 atom stereocenters. The van der Waals surface area contributed by atoms with Crippen LogP contribution in [0.1, 0.15) is 45.4 Å². The van der Waals surface area contributed by atoms with E-state index >= 15 is 0 Å². The van der Waals surface area contributed by atoms with Crippen molar-refractivity contribution in [2.45, 2.75) is 45.4 Å². The standard InChI is InChI=1S/C12H24N2O/c1-2-3-6-12(15)14-8-4-5-11-7-9-13-10-11/h11,13H,2-10H2,1H3,(H,14,15). The summed E-state index contributed by atoms with van der Waals surface area (Å²) in [5.74, 6) is 1.07. The Labute approximate surface area is 93.0 Å². The molecule has 1 rings (SSSR count). The maximum Gasteiger partial charge on any atom is 0.219 e. The summed E-state index contributed by atoms with van der Waals surface area (Å²) in [6, 6.07) is 0. The van der Waals surface area contributed by atoms with E-state index in [1.165, 1.54) is 25.9 Å². The molecule has 0 radical (unpaired) electrons. The van der Waals surface area contributed by atoms with Crippen LogP contribution >= 0.6 is 0 Å². The number of carbonyl (C=O) groups excluding carboxylic acids is 1. The third-order valence-corrected chi connectivity index (χ3v) is 3.03. The molecule has 1 aliphatic heterocycles. The Morgan fingerprint density at radius 2 is 2.33 bits per heavy atom. The van der Waals surface area contributed by atoms with Crippen molar-refractivity contribution in [3.63, 3.8) is 0 Å². The van der Waals surface area contributed by atoms with Gasteiger partial charge in [-0.15, -0.1) is 0 Å². The molecule has 0 aromatic heterocycles. The Kier molecular flexibility index (Phi) is 6.41. The normalized spacial score (nSPS) is 20.5. The monoisotopic (exact) mass is 212 g/mol. The van der Waals surface area contributed by atoms with Gasteiger partial charge in [0, 0.05) is 13.0 Å². The molecule has 1 fully saturated rings. The highest BCUT2D eigenvalue weighted by atomic mass is 16.1. The van der Waals surface area contributed by atoms with Crippen molar-refractivity contribution in [2.75, 3.05) is 19.6 Å². The van der Waals surface area contributed by atoms with E-state index in [2.05, 4.69) is 17.6 Å². The molecule has 2 N–H and O–H groups in total. The van der Waals surface area contributed by atoms with E-state index in [0.717, 1.165) is 31.7 Å². The number of nitrogens with one attached hydrogen (secondary N) is 2. The van der Waals surface area contributed by atoms with E-state index < -0.39 is 0 Å². The smallest absolute Gasteiger partial charge is 0.219 e. The van der Waals surface area contributed by atoms with E-state index in [9.17, 15) is 4.79 Å². The van der Waals surface area contributed by atoms with Crippen LogP contribution in [0.5, 0.6) is 0 Å². The first kappa shape index (κ1) is 12.5. The zero-order valence-electron chi connectivity index (χ0n) is 9.85. The maximum atomic E-state index is 11.3. The third kappa shape index (κ3) is 5.78. The van der Waals surface area contributed by atoms with Crippen LogP contribution in [-0.4, -0.2) is 25.5 Å². The molecule has 0 saturated carbocycles. The molecule has 3 nitrogen and oxygen atoms in total. The van der Waals surface area contributed by atoms with Crippen molar-refractivity contribution in [2.24, 2.45) is 5.92 Å². The number of rotatable bonds is 7. The van der Waals surface area contributed by atoms with Gasteiger partial charge in [-0.05, 0) is 44.7 Å². The molecule has 0 aromatic carbocycles. The minimum Gasteiger partial charge on any atom is -0.356 e. The first-order chi connectivity index (χ1) is 7.33. The zero-order valence-corrected chi connectivity index (χ0v) is 9.85. The number of carbonyl (C=O) groups is 1. The summed E-state index contributed by atoms with van der Waals surface area (Å²) in [5, 5.41) is 6.34. The fourth-order valence-electron chi connectivity index (χ4n) is 2.01. The lowest BCUT2D eigenvalue weighted by Crippen LogP contribution is -2.24. The predicted molar refractivity (Wildman–Crippen MR) is 62.7 cm³/mol. The summed E-state index contributed by atoms with van der Waals surface area (Å²) in [5.41, 5.74) is 0. The van der Waals surface area contributed by atoms with Gasteiger partial charge in [-0.3, -0.25) is 4.79 Å². The second-order valence-corrected chi connectivity index (χ2v) is 4.45. The molecule has 0 aliphatic carbocycles. The molecule has 1 saturated heterocycles. The zero-order chi connectivity index (χ0) is 10.9. The first-order valence-corrected chi connectivity index (χ1v) is 6.30. The van der Waals surface area contributed by atoms with Crippen LogP contribution in [0.15, 0.2) is 0 Å². The van der Waals surface area contributed by atoms with Gasteiger partial charge in [0.2, 0.25) is 5.91 Å². The van der Waals surface area contributed by atoms with Crippen molar-refractivity contribution in [1.82, 2.24) is 10.6 Å². The summed E-state index contributed by atoms with van der Waals surface area (Å²) in [4.78, 5) is 11.3. The minimum atomic E-state index is 0.224. The van der Waals surface area contributed by atoms with Crippen molar-refractivity contribution >= 4 is 5.91 Å². The van der Waals surface area contributed by atoms with E-state index in [4.69, 9.17) is 0 Å². The Morgan fingerprint density at radius 3 is 3.00 bits per heavy atom. The predicted octanol–water partition coefficient (Wildman–Crippen LogP) is 1.68. The highest BCUT2D eigenvalue weighted by Gasteiger charge is 2.13. The second-order valence-electron chi connectivity index (χ2n) is 4.45. The quantitative estimate of drug-likeness (QED) is 0.630. The van der Waals surface area contributed by atoms with Gasteiger partial charge >= 0.3 is 0 Å². The van der Waals surface area contributed by atoms with Crippen LogP contribution in [0.3, 0.4) is 0 Å². The van der Waals surface area contributed by atoms with Gasteiger partial charge in [0.1, 0.15) is 0 Å². The molecule has 1 unspecified atom stereocenters. The number of amides is 1. The lowest BCUT2D eigenvalue weighted by atomic mass is 10.0. The molecule has 1 amide bonds. The summed E-state index contributed by atoms with van der Waals surface area (Å²) in [6.45, 7) is 5.32. The lowest BCUT2D eigenvalue weighted by Gasteiger charge is -2.08. The van der Waals surface area contributed by atoms with Gasteiger partial charge in [0.25, 0.3) is 0 Å². The van der Waals surface area contributed by atoms with E-state index in [-0.39, 0.29) is 5.91 Å². The molecule has 1 aliphatic rings. The molecule has 3 heteroatoms. The van der Waals surface area contributed by atoms with E-state index in [1.54, 1.807) is 0 Å². The van der Waals surface area contributed by atoms with Gasteiger partial charge in [-0.2, -0.15) is 0 Å². The molecular formula is C12H24N2O. The molecular weight excluding hydrogens is 188 g/mol. The summed E-state index contributed by atoms with van der Waals surface area (Å²) < 4.78 is 0. The summed E-state index contributed by atoms with van der Waals surface area (Å²) >= 11 is 0. The average Bonchev–Trinajstić information content (AvgIpc) is 2.74. The topological polar surface area (TPSA) is 41.1 Å². The van der Waals surface area contributed by atoms with Crippen LogP contribution in [0.4, 0.5) is 0 Å². The molecule has 88 valence electrons. The molecule has 1 heterocycles. The fraction of sp³-hybridized carbons (Fsp3) is 0.917.